The van der Waals surface area contributed by atoms with Crippen LogP contribution < -0.4 is 10.6 Å². The van der Waals surface area contributed by atoms with Crippen LogP contribution in [0.25, 0.3) is 0 Å². The van der Waals surface area contributed by atoms with Crippen LogP contribution in [-0.2, 0) is 4.79 Å². The van der Waals surface area contributed by atoms with E-state index in [-0.39, 0.29) is 24.4 Å². The Labute approximate surface area is 167 Å². The molecule has 0 saturated carbocycles. The molecule has 1 aliphatic heterocycles. The van der Waals surface area contributed by atoms with Crippen molar-refractivity contribution in [3.05, 3.63) is 65.7 Å². The average molecular weight is 380 g/mol. The molecule has 0 bridgehead atoms. The van der Waals surface area contributed by atoms with Crippen LogP contribution in [0.4, 0.5) is 5.69 Å². The number of rotatable bonds is 6. The van der Waals surface area contributed by atoms with Crippen LogP contribution in [0.3, 0.4) is 0 Å². The van der Waals surface area contributed by atoms with Crippen molar-refractivity contribution in [2.24, 2.45) is 0 Å². The van der Waals surface area contributed by atoms with Crippen LogP contribution in [0.2, 0.25) is 0 Å². The Morgan fingerprint density at radius 2 is 1.68 bits per heavy atom. The first kappa shape index (κ1) is 20.1. The predicted molar refractivity (Wildman–Crippen MR) is 112 cm³/mol. The minimum atomic E-state index is -0.123. The molecule has 5 nitrogen and oxygen atoms in total. The summed E-state index contributed by atoms with van der Waals surface area (Å²) in [4.78, 5) is 27.0. The molecule has 1 saturated heterocycles. The van der Waals surface area contributed by atoms with E-state index in [4.69, 9.17) is 0 Å². The summed E-state index contributed by atoms with van der Waals surface area (Å²) >= 11 is 0. The Balaban J connectivity index is 1.54. The molecule has 1 atom stereocenters. The summed E-state index contributed by atoms with van der Waals surface area (Å²) in [6.07, 6.45) is 4.50. The molecule has 148 valence electrons. The molecular formula is C23H29N3O2. The molecule has 0 aliphatic carbocycles. The van der Waals surface area contributed by atoms with E-state index in [0.29, 0.717) is 11.3 Å². The highest BCUT2D eigenvalue weighted by molar-refractivity contribution is 5.97. The second-order valence-corrected chi connectivity index (χ2v) is 7.35. The number of nitrogens with one attached hydrogen (secondary N) is 2. The number of anilines is 1. The van der Waals surface area contributed by atoms with Gasteiger partial charge in [0.2, 0.25) is 5.91 Å². The summed E-state index contributed by atoms with van der Waals surface area (Å²) < 4.78 is 0. The summed E-state index contributed by atoms with van der Waals surface area (Å²) in [5.41, 5.74) is 2.42. The Morgan fingerprint density at radius 3 is 2.39 bits per heavy atom. The lowest BCUT2D eigenvalue weighted by Gasteiger charge is -2.20. The predicted octanol–water partition coefficient (Wildman–Crippen LogP) is 3.99. The standard InChI is InChI=1S/C23H29N3O2/c1-18(19-10-5-4-6-11-19)24-17-22(27)25-21-13-9-12-20(16-21)23(28)26-14-7-2-3-8-15-26/h4-6,9-13,16,18,24H,2-3,7-8,14-15,17H2,1H3,(H,25,27). The van der Waals surface area contributed by atoms with E-state index in [0.717, 1.165) is 31.5 Å². The molecule has 2 N–H and O–H groups in total. The monoisotopic (exact) mass is 379 g/mol. The largest absolute Gasteiger partial charge is 0.339 e. The zero-order chi connectivity index (χ0) is 19.8. The molecule has 2 aromatic carbocycles. The van der Waals surface area contributed by atoms with E-state index in [2.05, 4.69) is 10.6 Å². The first-order valence-corrected chi connectivity index (χ1v) is 10.1. The fourth-order valence-corrected chi connectivity index (χ4v) is 3.50. The van der Waals surface area contributed by atoms with Crippen molar-refractivity contribution < 1.29 is 9.59 Å². The van der Waals surface area contributed by atoms with Gasteiger partial charge in [0.1, 0.15) is 0 Å². The lowest BCUT2D eigenvalue weighted by atomic mass is 10.1. The third-order valence-corrected chi connectivity index (χ3v) is 5.15. The van der Waals surface area contributed by atoms with E-state index in [1.165, 1.54) is 12.8 Å². The van der Waals surface area contributed by atoms with Crippen LogP contribution >= 0.6 is 0 Å². The number of hydrogen-bond donors (Lipinski definition) is 2. The maximum atomic E-state index is 12.8. The van der Waals surface area contributed by atoms with E-state index < -0.39 is 0 Å². The molecule has 1 unspecified atom stereocenters. The number of nitrogens with zero attached hydrogens (tertiary/aromatic N) is 1. The second kappa shape index (κ2) is 10.0. The van der Waals surface area contributed by atoms with Gasteiger partial charge in [-0.15, -0.1) is 0 Å². The van der Waals surface area contributed by atoms with Gasteiger partial charge < -0.3 is 15.5 Å². The van der Waals surface area contributed by atoms with Crippen molar-refractivity contribution in [2.75, 3.05) is 25.0 Å². The minimum Gasteiger partial charge on any atom is -0.339 e. The first-order valence-electron chi connectivity index (χ1n) is 10.1. The van der Waals surface area contributed by atoms with Crippen LogP contribution in [0.15, 0.2) is 54.6 Å². The summed E-state index contributed by atoms with van der Waals surface area (Å²) in [6, 6.07) is 17.3. The number of benzene rings is 2. The molecule has 0 radical (unpaired) electrons. The van der Waals surface area contributed by atoms with Crippen LogP contribution in [0, 0.1) is 0 Å². The highest BCUT2D eigenvalue weighted by Gasteiger charge is 2.17. The zero-order valence-corrected chi connectivity index (χ0v) is 16.5. The van der Waals surface area contributed by atoms with Crippen LogP contribution in [0.1, 0.15) is 54.6 Å². The Kier molecular flexibility index (Phi) is 7.20. The van der Waals surface area contributed by atoms with Crippen molar-refractivity contribution in [3.63, 3.8) is 0 Å². The molecular weight excluding hydrogens is 350 g/mol. The lowest BCUT2D eigenvalue weighted by Crippen LogP contribution is -2.32. The average Bonchev–Trinajstić information content (AvgIpc) is 3.02. The van der Waals surface area contributed by atoms with Crippen molar-refractivity contribution in [1.82, 2.24) is 10.2 Å². The molecule has 28 heavy (non-hydrogen) atoms. The Morgan fingerprint density at radius 1 is 0.964 bits per heavy atom. The lowest BCUT2D eigenvalue weighted by molar-refractivity contribution is -0.115. The third kappa shape index (κ3) is 5.67. The van der Waals surface area contributed by atoms with Gasteiger partial charge in [0.15, 0.2) is 0 Å². The quantitative estimate of drug-likeness (QED) is 0.798. The van der Waals surface area contributed by atoms with Crippen LogP contribution in [-0.4, -0.2) is 36.3 Å². The molecule has 1 aliphatic rings. The van der Waals surface area contributed by atoms with Gasteiger partial charge in [-0.1, -0.05) is 49.2 Å². The van der Waals surface area contributed by atoms with E-state index in [1.807, 2.05) is 60.4 Å². The van der Waals surface area contributed by atoms with Gasteiger partial charge in [-0.3, -0.25) is 9.59 Å². The first-order chi connectivity index (χ1) is 13.6. The Hall–Kier alpha value is -2.66. The van der Waals surface area contributed by atoms with Crippen molar-refractivity contribution in [3.8, 4) is 0 Å². The molecule has 3 rings (SSSR count). The van der Waals surface area contributed by atoms with Gasteiger partial charge in [0, 0.05) is 30.4 Å². The highest BCUT2D eigenvalue weighted by atomic mass is 16.2. The molecule has 1 fully saturated rings. The van der Waals surface area contributed by atoms with Gasteiger partial charge in [0.05, 0.1) is 6.54 Å². The van der Waals surface area contributed by atoms with Crippen molar-refractivity contribution in [1.29, 1.82) is 0 Å². The number of likely N-dealkylation sites (tertiary alicyclic amines) is 1. The normalized spacial score (nSPS) is 15.5. The Bertz CT molecular complexity index is 783. The zero-order valence-electron chi connectivity index (χ0n) is 16.5. The fourth-order valence-electron chi connectivity index (χ4n) is 3.50. The maximum absolute atomic E-state index is 12.8. The molecule has 2 amide bonds. The molecule has 1 heterocycles. The van der Waals surface area contributed by atoms with Crippen molar-refractivity contribution >= 4 is 17.5 Å². The van der Waals surface area contributed by atoms with Crippen LogP contribution in [0.5, 0.6) is 0 Å². The highest BCUT2D eigenvalue weighted by Crippen LogP contribution is 2.17. The number of carbonyl (C=O) groups excluding carboxylic acids is 2. The summed E-state index contributed by atoms with van der Waals surface area (Å²) in [7, 11) is 0. The van der Waals surface area contributed by atoms with Gasteiger partial charge in [-0.25, -0.2) is 0 Å². The van der Waals surface area contributed by atoms with Gasteiger partial charge in [-0.05, 0) is 43.5 Å². The second-order valence-electron chi connectivity index (χ2n) is 7.35. The van der Waals surface area contributed by atoms with Gasteiger partial charge in [0.25, 0.3) is 5.91 Å². The van der Waals surface area contributed by atoms with E-state index in [1.54, 1.807) is 6.07 Å². The SMILES string of the molecule is CC(NCC(=O)Nc1cccc(C(=O)N2CCCCCC2)c1)c1ccccc1. The van der Waals surface area contributed by atoms with E-state index >= 15 is 0 Å². The smallest absolute Gasteiger partial charge is 0.253 e. The molecule has 2 aromatic rings. The maximum Gasteiger partial charge on any atom is 0.253 e. The summed E-state index contributed by atoms with van der Waals surface area (Å²) in [6.45, 7) is 3.87. The molecule has 5 heteroatoms. The van der Waals surface area contributed by atoms with Crippen molar-refractivity contribution in [2.45, 2.75) is 38.6 Å². The molecule has 0 aromatic heterocycles. The number of hydrogen-bond acceptors (Lipinski definition) is 3. The fraction of sp³-hybridized carbons (Fsp3) is 0.391. The number of carbonyl (C=O) groups is 2. The molecule has 0 spiro atoms. The number of amides is 2. The third-order valence-electron chi connectivity index (χ3n) is 5.15. The van der Waals surface area contributed by atoms with Gasteiger partial charge in [-0.2, -0.15) is 0 Å². The topological polar surface area (TPSA) is 61.4 Å². The van der Waals surface area contributed by atoms with Gasteiger partial charge >= 0.3 is 0 Å². The van der Waals surface area contributed by atoms with E-state index in [9.17, 15) is 9.59 Å². The minimum absolute atomic E-state index is 0.0498. The summed E-state index contributed by atoms with van der Waals surface area (Å²) in [5, 5.41) is 6.11. The summed E-state index contributed by atoms with van der Waals surface area (Å²) in [5.74, 6) is -0.0732.